The molecule has 0 bridgehead atoms. The normalized spacial score (nSPS) is 15.8. The van der Waals surface area contributed by atoms with Crippen LogP contribution < -0.4 is 4.74 Å². The summed E-state index contributed by atoms with van der Waals surface area (Å²) in [6.07, 6.45) is 0. The molecule has 0 saturated carbocycles. The highest BCUT2D eigenvalue weighted by Gasteiger charge is 2.55. The number of carbonyl (C=O) groups excluding carboxylic acids is 1. The third-order valence-corrected chi connectivity index (χ3v) is 6.39. The van der Waals surface area contributed by atoms with Crippen LogP contribution in [0.15, 0.2) is 59.5 Å². The topological polar surface area (TPSA) is 110 Å². The van der Waals surface area contributed by atoms with Crippen molar-refractivity contribution in [2.24, 2.45) is 0 Å². The third-order valence-electron chi connectivity index (χ3n) is 5.03. The molecule has 2 heterocycles. The largest absolute Gasteiger partial charge is 0.508 e. The van der Waals surface area contributed by atoms with Crippen LogP contribution in [0.5, 0.6) is 23.0 Å². The maximum Gasteiger partial charge on any atom is 0.341 e. The van der Waals surface area contributed by atoms with E-state index in [9.17, 15) is 23.4 Å². The number of aromatic hydroxyl groups is 2. The van der Waals surface area contributed by atoms with Crippen molar-refractivity contribution in [2.45, 2.75) is 10.5 Å². The summed E-state index contributed by atoms with van der Waals surface area (Å²) in [7, 11) is 1.33. The molecular formula is C20H11ClO7S. The van der Waals surface area contributed by atoms with E-state index in [0.29, 0.717) is 11.1 Å². The van der Waals surface area contributed by atoms with Crippen LogP contribution in [0.3, 0.4) is 0 Å². The van der Waals surface area contributed by atoms with Crippen LogP contribution in [0.1, 0.15) is 27.0 Å². The summed E-state index contributed by atoms with van der Waals surface area (Å²) in [5.74, 6) is -0.626. The Morgan fingerprint density at radius 3 is 2.00 bits per heavy atom. The van der Waals surface area contributed by atoms with Crippen LogP contribution in [-0.4, -0.2) is 24.6 Å². The molecule has 146 valence electrons. The Bertz CT molecular complexity index is 1280. The van der Waals surface area contributed by atoms with Gasteiger partial charge in [-0.2, -0.15) is 0 Å². The fourth-order valence-corrected chi connectivity index (χ4v) is 4.98. The molecular weight excluding hydrogens is 420 g/mol. The van der Waals surface area contributed by atoms with Gasteiger partial charge in [-0.3, -0.25) is 0 Å². The van der Waals surface area contributed by atoms with Crippen LogP contribution in [0.2, 0.25) is 0 Å². The molecule has 0 saturated heterocycles. The lowest BCUT2D eigenvalue weighted by Gasteiger charge is -2.36. The molecule has 1 spiro atoms. The zero-order chi connectivity index (χ0) is 20.6. The number of phenolic OH excluding ortho intramolecular Hbond substituents is 2. The van der Waals surface area contributed by atoms with Gasteiger partial charge in [-0.15, -0.1) is 0 Å². The molecule has 0 aliphatic carbocycles. The minimum absolute atomic E-state index is 0.0795. The van der Waals surface area contributed by atoms with E-state index in [4.69, 9.17) is 20.2 Å². The second-order valence-corrected chi connectivity index (χ2v) is 9.18. The number of fused-ring (bicyclic) bond motifs is 6. The number of esters is 1. The molecule has 7 nitrogen and oxygen atoms in total. The second-order valence-electron chi connectivity index (χ2n) is 6.65. The van der Waals surface area contributed by atoms with E-state index in [1.54, 1.807) is 6.07 Å². The predicted octanol–water partition coefficient (Wildman–Crippen LogP) is 3.59. The van der Waals surface area contributed by atoms with Gasteiger partial charge in [-0.25, -0.2) is 13.2 Å². The van der Waals surface area contributed by atoms with Gasteiger partial charge >= 0.3 is 5.97 Å². The van der Waals surface area contributed by atoms with Gasteiger partial charge in [0.2, 0.25) is 0 Å². The van der Waals surface area contributed by atoms with Gasteiger partial charge in [0.05, 0.1) is 10.5 Å². The first-order valence-electron chi connectivity index (χ1n) is 8.38. The summed E-state index contributed by atoms with van der Waals surface area (Å²) in [4.78, 5) is 12.5. The zero-order valence-corrected chi connectivity index (χ0v) is 16.0. The summed E-state index contributed by atoms with van der Waals surface area (Å²) in [6, 6.07) is 12.8. The molecule has 0 unspecified atom stereocenters. The summed E-state index contributed by atoms with van der Waals surface area (Å²) in [6.45, 7) is 0. The van der Waals surface area contributed by atoms with E-state index >= 15 is 0 Å². The Hall–Kier alpha value is -3.23. The van der Waals surface area contributed by atoms with Crippen LogP contribution in [0, 0.1) is 0 Å². The number of phenols is 2. The van der Waals surface area contributed by atoms with Gasteiger partial charge < -0.3 is 19.7 Å². The molecule has 3 aromatic carbocycles. The molecule has 2 N–H and O–H groups in total. The Morgan fingerprint density at radius 2 is 1.45 bits per heavy atom. The second kappa shape index (κ2) is 5.65. The minimum Gasteiger partial charge on any atom is -0.508 e. The quantitative estimate of drug-likeness (QED) is 0.448. The van der Waals surface area contributed by atoms with Crippen molar-refractivity contribution >= 4 is 25.7 Å². The van der Waals surface area contributed by atoms with E-state index in [2.05, 4.69) is 0 Å². The fraction of sp³-hybridized carbons (Fsp3) is 0.0500. The number of rotatable bonds is 1. The van der Waals surface area contributed by atoms with Crippen molar-refractivity contribution in [3.8, 4) is 23.0 Å². The molecule has 0 radical (unpaired) electrons. The lowest BCUT2D eigenvalue weighted by molar-refractivity contribution is 0.0222. The van der Waals surface area contributed by atoms with E-state index < -0.39 is 20.6 Å². The average Bonchev–Trinajstić information content (AvgIpc) is 2.94. The van der Waals surface area contributed by atoms with Crippen molar-refractivity contribution in [1.82, 2.24) is 0 Å². The van der Waals surface area contributed by atoms with Crippen molar-refractivity contribution < 1.29 is 32.9 Å². The Morgan fingerprint density at radius 1 is 0.862 bits per heavy atom. The summed E-state index contributed by atoms with van der Waals surface area (Å²) < 4.78 is 35.8. The molecule has 3 aromatic rings. The first kappa shape index (κ1) is 17.8. The van der Waals surface area contributed by atoms with Gasteiger partial charge in [0.25, 0.3) is 9.05 Å². The number of carbonyl (C=O) groups is 1. The average molecular weight is 431 g/mol. The maximum absolute atomic E-state index is 12.9. The van der Waals surface area contributed by atoms with E-state index in [-0.39, 0.29) is 39.0 Å². The van der Waals surface area contributed by atoms with E-state index in [0.717, 1.165) is 0 Å². The molecule has 0 aromatic heterocycles. The van der Waals surface area contributed by atoms with Crippen LogP contribution >= 0.6 is 10.7 Å². The van der Waals surface area contributed by atoms with Crippen molar-refractivity contribution in [2.75, 3.05) is 0 Å². The SMILES string of the molecule is O=C1OC2(c3ccc(O)cc3Oc3cc(O)ccc32)c2cccc(S(=O)(=O)Cl)c21. The molecule has 5 rings (SSSR count). The van der Waals surface area contributed by atoms with Gasteiger partial charge in [-0.05, 0) is 30.3 Å². The van der Waals surface area contributed by atoms with Crippen molar-refractivity contribution in [1.29, 1.82) is 0 Å². The van der Waals surface area contributed by atoms with Gasteiger partial charge in [0.1, 0.15) is 23.0 Å². The third kappa shape index (κ3) is 2.36. The predicted molar refractivity (Wildman–Crippen MR) is 101 cm³/mol. The summed E-state index contributed by atoms with van der Waals surface area (Å²) in [5, 5.41) is 19.8. The number of benzene rings is 3. The van der Waals surface area contributed by atoms with Crippen molar-refractivity contribution in [3.63, 3.8) is 0 Å². The fourth-order valence-electron chi connectivity index (χ4n) is 3.92. The van der Waals surface area contributed by atoms with Gasteiger partial charge in [0, 0.05) is 39.5 Å². The zero-order valence-electron chi connectivity index (χ0n) is 14.4. The molecule has 9 heteroatoms. The molecule has 0 amide bonds. The monoisotopic (exact) mass is 430 g/mol. The van der Waals surface area contributed by atoms with Crippen LogP contribution in [-0.2, 0) is 19.4 Å². The van der Waals surface area contributed by atoms with Gasteiger partial charge in [-0.1, -0.05) is 12.1 Å². The molecule has 2 aliphatic rings. The molecule has 2 aliphatic heterocycles. The Balaban J connectivity index is 1.93. The summed E-state index contributed by atoms with van der Waals surface area (Å²) in [5.41, 5.74) is -0.641. The highest BCUT2D eigenvalue weighted by molar-refractivity contribution is 8.13. The molecule has 0 atom stereocenters. The highest BCUT2D eigenvalue weighted by Crippen LogP contribution is 2.57. The highest BCUT2D eigenvalue weighted by atomic mass is 35.7. The van der Waals surface area contributed by atoms with Crippen LogP contribution in [0.4, 0.5) is 0 Å². The lowest BCUT2D eigenvalue weighted by atomic mass is 9.77. The first-order chi connectivity index (χ1) is 13.7. The van der Waals surface area contributed by atoms with E-state index in [1.807, 2.05) is 0 Å². The number of hydrogen-bond donors (Lipinski definition) is 2. The standard InChI is InChI=1S/C20H11ClO7S/c21-29(25,26)17-3-1-2-14-18(17)19(24)28-20(14)12-6-4-10(22)8-15(12)27-16-9-11(23)5-7-13(16)20/h1-9,22-23H. The lowest BCUT2D eigenvalue weighted by Crippen LogP contribution is -2.32. The van der Waals surface area contributed by atoms with Gasteiger partial charge in [0.15, 0.2) is 5.60 Å². The smallest absolute Gasteiger partial charge is 0.341 e. The first-order valence-corrected chi connectivity index (χ1v) is 10.7. The molecule has 0 fully saturated rings. The molecule has 29 heavy (non-hydrogen) atoms. The maximum atomic E-state index is 12.9. The Kier molecular flexibility index (Phi) is 3.48. The van der Waals surface area contributed by atoms with Crippen LogP contribution in [0.25, 0.3) is 0 Å². The van der Waals surface area contributed by atoms with Crippen molar-refractivity contribution in [3.05, 3.63) is 76.9 Å². The number of halogens is 1. The number of ether oxygens (including phenoxy) is 2. The minimum atomic E-state index is -4.22. The van der Waals surface area contributed by atoms with E-state index in [1.165, 1.54) is 48.5 Å². The summed E-state index contributed by atoms with van der Waals surface area (Å²) >= 11 is 0. The number of hydrogen-bond acceptors (Lipinski definition) is 7. The Labute approximate surface area is 169 Å².